The van der Waals surface area contributed by atoms with Gasteiger partial charge in [-0.25, -0.2) is 0 Å². The average Bonchev–Trinajstić information content (AvgIpc) is 2.47. The van der Waals surface area contributed by atoms with E-state index in [0.717, 1.165) is 31.2 Å². The van der Waals surface area contributed by atoms with Gasteiger partial charge in [-0.1, -0.05) is 26.3 Å². The molecule has 1 fully saturated rings. The molecule has 2 rings (SSSR count). The molecule has 2 atom stereocenters. The van der Waals surface area contributed by atoms with E-state index in [1.807, 2.05) is 0 Å². The maximum Gasteiger partial charge on any atom is 0.0547 e. The fourth-order valence-electron chi connectivity index (χ4n) is 3.14. The molecule has 1 N–H and O–H groups in total. The fraction of sp³-hybridized carbons (Fsp3) is 0.706. The quantitative estimate of drug-likeness (QED) is 0.865. The van der Waals surface area contributed by atoms with E-state index in [1.54, 1.807) is 0 Å². The van der Waals surface area contributed by atoms with Crippen LogP contribution in [0.25, 0.3) is 0 Å². The molecule has 2 heterocycles. The molecule has 112 valence electrons. The standard InChI is InChI=1S/C17H29N3/c1-4-15-9-10-18-17(11-15)13-20(5-2)12-16-8-6-7-14(3)19-16/h6-8,15,17-18H,4-5,9-13H2,1-3H3. The summed E-state index contributed by atoms with van der Waals surface area (Å²) in [6, 6.07) is 6.96. The zero-order chi connectivity index (χ0) is 14.4. The molecule has 1 aliphatic heterocycles. The van der Waals surface area contributed by atoms with Crippen molar-refractivity contribution in [3.05, 3.63) is 29.6 Å². The Morgan fingerprint density at radius 2 is 2.20 bits per heavy atom. The van der Waals surface area contributed by atoms with Gasteiger partial charge in [0.25, 0.3) is 0 Å². The highest BCUT2D eigenvalue weighted by atomic mass is 15.2. The molecule has 20 heavy (non-hydrogen) atoms. The number of aromatic nitrogens is 1. The molecule has 0 bridgehead atoms. The van der Waals surface area contributed by atoms with Gasteiger partial charge >= 0.3 is 0 Å². The van der Waals surface area contributed by atoms with Gasteiger partial charge in [0.05, 0.1) is 5.69 Å². The lowest BCUT2D eigenvalue weighted by atomic mass is 9.90. The second-order valence-electron chi connectivity index (χ2n) is 6.05. The Morgan fingerprint density at radius 1 is 1.35 bits per heavy atom. The van der Waals surface area contributed by atoms with E-state index in [1.165, 1.54) is 31.5 Å². The molecule has 2 unspecified atom stereocenters. The number of likely N-dealkylation sites (N-methyl/N-ethyl adjacent to an activating group) is 1. The first-order valence-electron chi connectivity index (χ1n) is 8.09. The van der Waals surface area contributed by atoms with Crippen molar-refractivity contribution in [1.29, 1.82) is 0 Å². The minimum absolute atomic E-state index is 0.651. The first-order chi connectivity index (χ1) is 9.71. The summed E-state index contributed by atoms with van der Waals surface area (Å²) in [6.45, 7) is 11.0. The van der Waals surface area contributed by atoms with Crippen molar-refractivity contribution in [2.75, 3.05) is 19.6 Å². The van der Waals surface area contributed by atoms with Crippen molar-refractivity contribution in [3.63, 3.8) is 0 Å². The van der Waals surface area contributed by atoms with E-state index in [4.69, 9.17) is 0 Å². The maximum absolute atomic E-state index is 4.62. The number of pyridine rings is 1. The van der Waals surface area contributed by atoms with E-state index >= 15 is 0 Å². The monoisotopic (exact) mass is 275 g/mol. The molecule has 1 aromatic rings. The summed E-state index contributed by atoms with van der Waals surface area (Å²) in [6.07, 6.45) is 4.00. The van der Waals surface area contributed by atoms with Crippen LogP contribution in [-0.2, 0) is 6.54 Å². The van der Waals surface area contributed by atoms with Crippen LogP contribution in [0.15, 0.2) is 18.2 Å². The Morgan fingerprint density at radius 3 is 2.90 bits per heavy atom. The van der Waals surface area contributed by atoms with Crippen LogP contribution in [0.5, 0.6) is 0 Å². The smallest absolute Gasteiger partial charge is 0.0547 e. The van der Waals surface area contributed by atoms with E-state index in [2.05, 4.69) is 54.2 Å². The summed E-state index contributed by atoms with van der Waals surface area (Å²) >= 11 is 0. The zero-order valence-corrected chi connectivity index (χ0v) is 13.2. The highest BCUT2D eigenvalue weighted by molar-refractivity contribution is 5.09. The largest absolute Gasteiger partial charge is 0.313 e. The molecular weight excluding hydrogens is 246 g/mol. The lowest BCUT2D eigenvalue weighted by molar-refractivity contribution is 0.198. The van der Waals surface area contributed by atoms with E-state index < -0.39 is 0 Å². The number of aryl methyl sites for hydroxylation is 1. The molecule has 3 heteroatoms. The third kappa shape index (κ3) is 4.57. The molecule has 0 spiro atoms. The second kappa shape index (κ2) is 7.75. The number of nitrogens with zero attached hydrogens (tertiary/aromatic N) is 2. The molecule has 1 saturated heterocycles. The van der Waals surface area contributed by atoms with Gasteiger partial charge in [0.2, 0.25) is 0 Å². The van der Waals surface area contributed by atoms with Crippen molar-refractivity contribution < 1.29 is 0 Å². The average molecular weight is 275 g/mol. The SMILES string of the molecule is CCC1CCNC(CN(CC)Cc2cccc(C)n2)C1. The molecule has 3 nitrogen and oxygen atoms in total. The topological polar surface area (TPSA) is 28.2 Å². The van der Waals surface area contributed by atoms with Gasteiger partial charge in [-0.3, -0.25) is 9.88 Å². The van der Waals surface area contributed by atoms with Gasteiger partial charge < -0.3 is 5.32 Å². The van der Waals surface area contributed by atoms with Crippen molar-refractivity contribution in [3.8, 4) is 0 Å². The van der Waals surface area contributed by atoms with E-state index in [0.29, 0.717) is 6.04 Å². The Hall–Kier alpha value is -0.930. The van der Waals surface area contributed by atoms with Crippen LogP contribution in [0.1, 0.15) is 44.5 Å². The molecular formula is C17H29N3. The first kappa shape index (κ1) is 15.5. The maximum atomic E-state index is 4.62. The molecule has 0 saturated carbocycles. The van der Waals surface area contributed by atoms with Gasteiger partial charge in [0, 0.05) is 24.8 Å². The Bertz CT molecular complexity index is 405. The fourth-order valence-corrected chi connectivity index (χ4v) is 3.14. The van der Waals surface area contributed by atoms with Crippen LogP contribution in [0.3, 0.4) is 0 Å². The van der Waals surface area contributed by atoms with E-state index in [-0.39, 0.29) is 0 Å². The molecule has 1 aliphatic rings. The number of hydrogen-bond donors (Lipinski definition) is 1. The first-order valence-corrected chi connectivity index (χ1v) is 8.09. The summed E-state index contributed by atoms with van der Waals surface area (Å²) in [5, 5.41) is 3.68. The van der Waals surface area contributed by atoms with E-state index in [9.17, 15) is 0 Å². The summed E-state index contributed by atoms with van der Waals surface area (Å²) in [7, 11) is 0. The van der Waals surface area contributed by atoms with Gasteiger partial charge in [-0.15, -0.1) is 0 Å². The van der Waals surface area contributed by atoms with Crippen LogP contribution in [-0.4, -0.2) is 35.6 Å². The second-order valence-corrected chi connectivity index (χ2v) is 6.05. The van der Waals surface area contributed by atoms with Crippen LogP contribution < -0.4 is 5.32 Å². The van der Waals surface area contributed by atoms with Crippen molar-refractivity contribution >= 4 is 0 Å². The normalized spacial score (nSPS) is 23.2. The number of hydrogen-bond acceptors (Lipinski definition) is 3. The summed E-state index contributed by atoms with van der Waals surface area (Å²) in [5.74, 6) is 0.914. The van der Waals surface area contributed by atoms with Crippen LogP contribution in [0, 0.1) is 12.8 Å². The predicted octanol–water partition coefficient (Wildman–Crippen LogP) is 2.99. The van der Waals surface area contributed by atoms with Crippen LogP contribution in [0.4, 0.5) is 0 Å². The third-order valence-corrected chi connectivity index (χ3v) is 4.44. The number of piperidine rings is 1. The number of rotatable bonds is 6. The molecule has 0 amide bonds. The minimum atomic E-state index is 0.651. The van der Waals surface area contributed by atoms with Gasteiger partial charge in [-0.05, 0) is 50.9 Å². The highest BCUT2D eigenvalue weighted by Gasteiger charge is 2.21. The predicted molar refractivity (Wildman–Crippen MR) is 84.7 cm³/mol. The Kier molecular flexibility index (Phi) is 5.99. The minimum Gasteiger partial charge on any atom is -0.313 e. The Balaban J connectivity index is 1.88. The van der Waals surface area contributed by atoms with Crippen LogP contribution >= 0.6 is 0 Å². The van der Waals surface area contributed by atoms with Crippen LogP contribution in [0.2, 0.25) is 0 Å². The lowest BCUT2D eigenvalue weighted by Crippen LogP contribution is -2.45. The van der Waals surface area contributed by atoms with Crippen molar-refractivity contribution in [2.45, 2.75) is 52.6 Å². The molecule has 0 aliphatic carbocycles. The third-order valence-electron chi connectivity index (χ3n) is 4.44. The molecule has 0 aromatic carbocycles. The highest BCUT2D eigenvalue weighted by Crippen LogP contribution is 2.20. The lowest BCUT2D eigenvalue weighted by Gasteiger charge is -2.33. The van der Waals surface area contributed by atoms with Crippen molar-refractivity contribution in [2.24, 2.45) is 5.92 Å². The van der Waals surface area contributed by atoms with Gasteiger partial charge in [0.15, 0.2) is 0 Å². The van der Waals surface area contributed by atoms with Gasteiger partial charge in [0.1, 0.15) is 0 Å². The Labute approximate surface area is 123 Å². The zero-order valence-electron chi connectivity index (χ0n) is 13.2. The van der Waals surface area contributed by atoms with Gasteiger partial charge in [-0.2, -0.15) is 0 Å². The summed E-state index contributed by atoms with van der Waals surface area (Å²) < 4.78 is 0. The number of nitrogens with one attached hydrogen (secondary N) is 1. The van der Waals surface area contributed by atoms with Crippen molar-refractivity contribution in [1.82, 2.24) is 15.2 Å². The molecule has 0 radical (unpaired) electrons. The summed E-state index contributed by atoms with van der Waals surface area (Å²) in [4.78, 5) is 7.13. The molecule has 1 aromatic heterocycles. The summed E-state index contributed by atoms with van der Waals surface area (Å²) in [5.41, 5.74) is 2.30.